The predicted octanol–water partition coefficient (Wildman–Crippen LogP) is 2.05. The Morgan fingerprint density at radius 2 is 2.11 bits per heavy atom. The van der Waals surface area contributed by atoms with Gasteiger partial charge in [0.1, 0.15) is 4.88 Å². The quantitative estimate of drug-likeness (QED) is 0.908. The van der Waals surface area contributed by atoms with E-state index in [9.17, 15) is 4.79 Å². The van der Waals surface area contributed by atoms with Gasteiger partial charge in [-0.2, -0.15) is 0 Å². The maximum absolute atomic E-state index is 12.5. The molecular weight excluding hydrogens is 258 g/mol. The molecule has 0 saturated carbocycles. The zero-order valence-corrected chi connectivity index (χ0v) is 11.7. The van der Waals surface area contributed by atoms with Gasteiger partial charge in [0.2, 0.25) is 0 Å². The fraction of sp³-hybridized carbons (Fsp3) is 0.286. The van der Waals surface area contributed by atoms with Gasteiger partial charge in [-0.05, 0) is 12.5 Å². The van der Waals surface area contributed by atoms with Crippen molar-refractivity contribution in [3.63, 3.8) is 0 Å². The second-order valence-corrected chi connectivity index (χ2v) is 5.12. The van der Waals surface area contributed by atoms with Crippen LogP contribution in [0.2, 0.25) is 0 Å². The summed E-state index contributed by atoms with van der Waals surface area (Å²) < 4.78 is 0. The summed E-state index contributed by atoms with van der Waals surface area (Å²) in [5.74, 6) is 0.00861. The fourth-order valence-electron chi connectivity index (χ4n) is 1.86. The first-order valence-corrected chi connectivity index (χ1v) is 7.03. The van der Waals surface area contributed by atoms with Gasteiger partial charge in [-0.1, -0.05) is 30.3 Å². The number of thiazole rings is 1. The number of benzene rings is 1. The molecule has 4 nitrogen and oxygen atoms in total. The van der Waals surface area contributed by atoms with Crippen LogP contribution >= 0.6 is 11.3 Å². The van der Waals surface area contributed by atoms with Gasteiger partial charge in [0.25, 0.3) is 5.91 Å². The normalized spacial score (nSPS) is 10.4. The number of aromatic nitrogens is 1. The highest BCUT2D eigenvalue weighted by atomic mass is 32.1. The summed E-state index contributed by atoms with van der Waals surface area (Å²) in [5, 5.41) is 0. The molecule has 19 heavy (non-hydrogen) atoms. The maximum Gasteiger partial charge on any atom is 0.266 e. The average molecular weight is 275 g/mol. The maximum atomic E-state index is 12.5. The standard InChI is InChI=1S/C14H17N3OS/c1-11-13(19-10-16-11)14(18)17(8-7-15)9-12-5-3-2-4-6-12/h2-6,10H,7-9,15H2,1H3. The number of hydrogen-bond acceptors (Lipinski definition) is 4. The van der Waals surface area contributed by atoms with Gasteiger partial charge in [0.15, 0.2) is 0 Å². The Hall–Kier alpha value is -1.72. The Morgan fingerprint density at radius 1 is 1.37 bits per heavy atom. The predicted molar refractivity (Wildman–Crippen MR) is 77.1 cm³/mol. The van der Waals surface area contributed by atoms with Crippen LogP contribution in [-0.4, -0.2) is 28.9 Å². The van der Waals surface area contributed by atoms with E-state index >= 15 is 0 Å². The number of nitrogens with zero attached hydrogens (tertiary/aromatic N) is 2. The molecular formula is C14H17N3OS. The van der Waals surface area contributed by atoms with E-state index in [1.807, 2.05) is 37.3 Å². The zero-order valence-electron chi connectivity index (χ0n) is 10.9. The third-order valence-corrected chi connectivity index (χ3v) is 3.76. The summed E-state index contributed by atoms with van der Waals surface area (Å²) >= 11 is 1.38. The van der Waals surface area contributed by atoms with Crippen LogP contribution in [-0.2, 0) is 6.54 Å². The molecule has 0 aliphatic carbocycles. The van der Waals surface area contributed by atoms with E-state index in [1.54, 1.807) is 10.4 Å². The second kappa shape index (κ2) is 6.45. The molecule has 0 aliphatic rings. The van der Waals surface area contributed by atoms with Crippen LogP contribution in [0, 0.1) is 6.92 Å². The highest BCUT2D eigenvalue weighted by Crippen LogP contribution is 2.16. The van der Waals surface area contributed by atoms with E-state index in [0.29, 0.717) is 24.5 Å². The topological polar surface area (TPSA) is 59.2 Å². The van der Waals surface area contributed by atoms with Gasteiger partial charge < -0.3 is 10.6 Å². The summed E-state index contributed by atoms with van der Waals surface area (Å²) in [5.41, 5.74) is 9.19. The molecule has 0 saturated heterocycles. The molecule has 2 rings (SSSR count). The minimum atomic E-state index is 0.00861. The Kier molecular flexibility index (Phi) is 4.65. The van der Waals surface area contributed by atoms with E-state index in [-0.39, 0.29) is 5.91 Å². The minimum absolute atomic E-state index is 0.00861. The van der Waals surface area contributed by atoms with Crippen LogP contribution in [0.25, 0.3) is 0 Å². The Morgan fingerprint density at radius 3 is 2.68 bits per heavy atom. The fourth-order valence-corrected chi connectivity index (χ4v) is 2.63. The van der Waals surface area contributed by atoms with Crippen molar-refractivity contribution in [2.75, 3.05) is 13.1 Å². The lowest BCUT2D eigenvalue weighted by atomic mass is 10.2. The molecule has 0 unspecified atom stereocenters. The van der Waals surface area contributed by atoms with E-state index in [1.165, 1.54) is 11.3 Å². The SMILES string of the molecule is Cc1ncsc1C(=O)N(CCN)Cc1ccccc1. The summed E-state index contributed by atoms with van der Waals surface area (Å²) in [6.45, 7) is 3.43. The number of nitrogens with two attached hydrogens (primary N) is 1. The van der Waals surface area contributed by atoms with E-state index in [4.69, 9.17) is 5.73 Å². The number of amides is 1. The summed E-state index contributed by atoms with van der Waals surface area (Å²) in [6, 6.07) is 9.93. The van der Waals surface area contributed by atoms with Gasteiger partial charge in [-0.15, -0.1) is 11.3 Å². The highest BCUT2D eigenvalue weighted by molar-refractivity contribution is 7.11. The van der Waals surface area contributed by atoms with Crippen LogP contribution in [0.4, 0.5) is 0 Å². The molecule has 1 aromatic carbocycles. The van der Waals surface area contributed by atoms with E-state index in [0.717, 1.165) is 11.3 Å². The Bertz CT molecular complexity index is 539. The molecule has 1 amide bonds. The lowest BCUT2D eigenvalue weighted by molar-refractivity contribution is 0.0752. The van der Waals surface area contributed by atoms with Gasteiger partial charge >= 0.3 is 0 Å². The van der Waals surface area contributed by atoms with Crippen molar-refractivity contribution in [1.29, 1.82) is 0 Å². The third kappa shape index (κ3) is 3.39. The molecule has 1 heterocycles. The average Bonchev–Trinajstić information content (AvgIpc) is 2.85. The lowest BCUT2D eigenvalue weighted by Gasteiger charge is -2.21. The molecule has 100 valence electrons. The van der Waals surface area contributed by atoms with Crippen molar-refractivity contribution in [2.45, 2.75) is 13.5 Å². The summed E-state index contributed by atoms with van der Waals surface area (Å²) in [6.07, 6.45) is 0. The van der Waals surface area contributed by atoms with Crippen molar-refractivity contribution in [2.24, 2.45) is 5.73 Å². The molecule has 1 aromatic heterocycles. The van der Waals surface area contributed by atoms with Gasteiger partial charge in [0.05, 0.1) is 11.2 Å². The first kappa shape index (κ1) is 13.7. The third-order valence-electron chi connectivity index (χ3n) is 2.84. The molecule has 0 fully saturated rings. The number of hydrogen-bond donors (Lipinski definition) is 1. The van der Waals surface area contributed by atoms with Crippen molar-refractivity contribution >= 4 is 17.2 Å². The number of rotatable bonds is 5. The summed E-state index contributed by atoms with van der Waals surface area (Å²) in [7, 11) is 0. The van der Waals surface area contributed by atoms with Crippen molar-refractivity contribution < 1.29 is 4.79 Å². The molecule has 0 radical (unpaired) electrons. The number of aryl methyl sites for hydroxylation is 1. The largest absolute Gasteiger partial charge is 0.332 e. The van der Waals surface area contributed by atoms with Gasteiger partial charge in [-0.3, -0.25) is 4.79 Å². The Labute approximate surface area is 116 Å². The molecule has 0 bridgehead atoms. The van der Waals surface area contributed by atoms with E-state index < -0.39 is 0 Å². The van der Waals surface area contributed by atoms with E-state index in [2.05, 4.69) is 4.98 Å². The molecule has 2 aromatic rings. The molecule has 2 N–H and O–H groups in total. The number of carbonyl (C=O) groups excluding carboxylic acids is 1. The van der Waals surface area contributed by atoms with Crippen molar-refractivity contribution in [1.82, 2.24) is 9.88 Å². The molecule has 0 aliphatic heterocycles. The van der Waals surface area contributed by atoms with Crippen LogP contribution in [0.15, 0.2) is 35.8 Å². The van der Waals surface area contributed by atoms with Crippen LogP contribution in [0.5, 0.6) is 0 Å². The van der Waals surface area contributed by atoms with Crippen molar-refractivity contribution in [3.8, 4) is 0 Å². The highest BCUT2D eigenvalue weighted by Gasteiger charge is 2.19. The van der Waals surface area contributed by atoms with Gasteiger partial charge in [-0.25, -0.2) is 4.98 Å². The molecule has 5 heteroatoms. The molecule has 0 atom stereocenters. The first-order valence-electron chi connectivity index (χ1n) is 6.15. The molecule has 0 spiro atoms. The van der Waals surface area contributed by atoms with Gasteiger partial charge in [0, 0.05) is 19.6 Å². The van der Waals surface area contributed by atoms with Crippen molar-refractivity contribution in [3.05, 3.63) is 52.0 Å². The zero-order chi connectivity index (χ0) is 13.7. The van der Waals surface area contributed by atoms with Crippen LogP contribution < -0.4 is 5.73 Å². The van der Waals surface area contributed by atoms with Crippen LogP contribution in [0.3, 0.4) is 0 Å². The minimum Gasteiger partial charge on any atom is -0.332 e. The summed E-state index contributed by atoms with van der Waals surface area (Å²) in [4.78, 5) is 19.1. The van der Waals surface area contributed by atoms with Crippen LogP contribution in [0.1, 0.15) is 20.9 Å². The number of carbonyl (C=O) groups is 1. The monoisotopic (exact) mass is 275 g/mol. The Balaban J connectivity index is 2.16. The smallest absolute Gasteiger partial charge is 0.266 e. The lowest BCUT2D eigenvalue weighted by Crippen LogP contribution is -2.34. The first-order chi connectivity index (χ1) is 9.22. The second-order valence-electron chi connectivity index (χ2n) is 4.27.